The summed E-state index contributed by atoms with van der Waals surface area (Å²) < 4.78 is 10.9. The van der Waals surface area contributed by atoms with Gasteiger partial charge in [0.05, 0.1) is 12.2 Å². The molecule has 22 heavy (non-hydrogen) atoms. The van der Waals surface area contributed by atoms with E-state index in [-0.39, 0.29) is 24.0 Å². The van der Waals surface area contributed by atoms with Crippen LogP contribution in [0.5, 0.6) is 0 Å². The summed E-state index contributed by atoms with van der Waals surface area (Å²) in [5.41, 5.74) is 0. The molecule has 6 nitrogen and oxygen atoms in total. The fraction of sp³-hybridized carbons (Fsp3) is 0.875. The lowest BCUT2D eigenvalue weighted by atomic mass is 10.1. The molecule has 0 aromatic carbocycles. The molecule has 0 spiro atoms. The Bertz CT molecular complexity index is 316. The third kappa shape index (κ3) is 6.75. The molecule has 2 heterocycles. The van der Waals surface area contributed by atoms with Crippen LogP contribution in [0.1, 0.15) is 51.4 Å². The Morgan fingerprint density at radius 1 is 0.818 bits per heavy atom. The summed E-state index contributed by atoms with van der Waals surface area (Å²) in [5, 5.41) is 5.79. The van der Waals surface area contributed by atoms with Gasteiger partial charge in [-0.25, -0.2) is 0 Å². The largest absolute Gasteiger partial charge is 0.376 e. The number of unbranched alkanes of at least 4 members (excludes halogenated alkanes) is 1. The van der Waals surface area contributed by atoms with E-state index in [2.05, 4.69) is 10.6 Å². The molecule has 126 valence electrons. The normalized spacial score (nSPS) is 24.4. The maximum atomic E-state index is 11.7. The molecule has 6 heteroatoms. The van der Waals surface area contributed by atoms with Crippen LogP contribution in [0.4, 0.5) is 0 Å². The predicted octanol–water partition coefficient (Wildman–Crippen LogP) is 1.14. The van der Waals surface area contributed by atoms with Gasteiger partial charge < -0.3 is 20.1 Å². The summed E-state index contributed by atoms with van der Waals surface area (Å²) in [6.07, 6.45) is 7.05. The summed E-state index contributed by atoms with van der Waals surface area (Å²) in [7, 11) is 0. The Labute approximate surface area is 132 Å². The zero-order valence-corrected chi connectivity index (χ0v) is 13.3. The number of hydrogen-bond donors (Lipinski definition) is 2. The van der Waals surface area contributed by atoms with E-state index < -0.39 is 0 Å². The fourth-order valence-electron chi connectivity index (χ4n) is 2.81. The van der Waals surface area contributed by atoms with Crippen LogP contribution in [0.25, 0.3) is 0 Å². The molecule has 0 aromatic heterocycles. The van der Waals surface area contributed by atoms with Crippen LogP contribution in [0.2, 0.25) is 0 Å². The number of hydrogen-bond acceptors (Lipinski definition) is 4. The van der Waals surface area contributed by atoms with Crippen molar-refractivity contribution in [3.05, 3.63) is 0 Å². The standard InChI is InChI=1S/C16H28N2O4/c19-15(17-11-13-5-3-9-21-13)7-1-2-8-16(20)18-12-14-6-4-10-22-14/h13-14H,1-12H2,(H,17,19)(H,18,20). The van der Waals surface area contributed by atoms with Crippen LogP contribution >= 0.6 is 0 Å². The van der Waals surface area contributed by atoms with Gasteiger partial charge in [-0.2, -0.15) is 0 Å². The summed E-state index contributed by atoms with van der Waals surface area (Å²) in [6.45, 7) is 2.84. The lowest BCUT2D eigenvalue weighted by molar-refractivity contribution is -0.123. The second kappa shape index (κ2) is 9.79. The Balaban J connectivity index is 1.42. The van der Waals surface area contributed by atoms with Gasteiger partial charge in [-0.15, -0.1) is 0 Å². The molecule has 2 aliphatic rings. The first kappa shape index (κ1) is 17.2. The second-order valence-electron chi connectivity index (χ2n) is 6.09. The fourth-order valence-corrected chi connectivity index (χ4v) is 2.81. The molecule has 2 N–H and O–H groups in total. The van der Waals surface area contributed by atoms with Crippen molar-refractivity contribution in [3.8, 4) is 0 Å². The third-order valence-electron chi connectivity index (χ3n) is 4.16. The third-order valence-corrected chi connectivity index (χ3v) is 4.16. The summed E-state index contributed by atoms with van der Waals surface area (Å²) in [5.74, 6) is 0.102. The Morgan fingerprint density at radius 3 is 1.64 bits per heavy atom. The van der Waals surface area contributed by atoms with Gasteiger partial charge in [-0.1, -0.05) is 0 Å². The van der Waals surface area contributed by atoms with E-state index in [1.54, 1.807) is 0 Å². The molecule has 0 saturated carbocycles. The van der Waals surface area contributed by atoms with Crippen LogP contribution in [0, 0.1) is 0 Å². The molecular weight excluding hydrogens is 284 g/mol. The van der Waals surface area contributed by atoms with Crippen molar-refractivity contribution < 1.29 is 19.1 Å². The monoisotopic (exact) mass is 312 g/mol. The van der Waals surface area contributed by atoms with Gasteiger partial charge in [-0.3, -0.25) is 9.59 Å². The van der Waals surface area contributed by atoms with Crippen LogP contribution in [0.3, 0.4) is 0 Å². The Morgan fingerprint density at radius 2 is 1.27 bits per heavy atom. The first-order valence-electron chi connectivity index (χ1n) is 8.50. The molecule has 2 atom stereocenters. The lowest BCUT2D eigenvalue weighted by Crippen LogP contribution is -2.32. The van der Waals surface area contributed by atoms with E-state index in [4.69, 9.17) is 9.47 Å². The minimum Gasteiger partial charge on any atom is -0.376 e. The number of nitrogens with one attached hydrogen (secondary N) is 2. The van der Waals surface area contributed by atoms with Crippen molar-refractivity contribution >= 4 is 11.8 Å². The first-order valence-corrected chi connectivity index (χ1v) is 8.50. The number of amides is 2. The first-order chi connectivity index (χ1) is 10.7. The molecule has 0 radical (unpaired) electrons. The zero-order chi connectivity index (χ0) is 15.6. The van der Waals surface area contributed by atoms with Crippen molar-refractivity contribution in [1.29, 1.82) is 0 Å². The average molecular weight is 312 g/mol. The average Bonchev–Trinajstić information content (AvgIpc) is 3.20. The highest BCUT2D eigenvalue weighted by Gasteiger charge is 2.17. The molecule has 0 bridgehead atoms. The van der Waals surface area contributed by atoms with Crippen molar-refractivity contribution in [2.75, 3.05) is 26.3 Å². The quantitative estimate of drug-likeness (QED) is 0.626. The van der Waals surface area contributed by atoms with Crippen LogP contribution in [-0.4, -0.2) is 50.3 Å². The highest BCUT2D eigenvalue weighted by Crippen LogP contribution is 2.11. The van der Waals surface area contributed by atoms with Gasteiger partial charge in [0.25, 0.3) is 0 Å². The Kier molecular flexibility index (Phi) is 7.66. The highest BCUT2D eigenvalue weighted by molar-refractivity contribution is 5.77. The SMILES string of the molecule is O=C(CCCCC(=O)NCC1CCCO1)NCC1CCCO1. The van der Waals surface area contributed by atoms with Crippen LogP contribution in [0.15, 0.2) is 0 Å². The topological polar surface area (TPSA) is 76.7 Å². The summed E-state index contributed by atoms with van der Waals surface area (Å²) in [4.78, 5) is 23.3. The second-order valence-corrected chi connectivity index (χ2v) is 6.09. The molecule has 0 aromatic rings. The van der Waals surface area contributed by atoms with Gasteiger partial charge in [0.1, 0.15) is 0 Å². The van der Waals surface area contributed by atoms with E-state index in [1.165, 1.54) is 0 Å². The van der Waals surface area contributed by atoms with Crippen LogP contribution < -0.4 is 10.6 Å². The molecule has 0 aliphatic carbocycles. The maximum absolute atomic E-state index is 11.7. The number of ether oxygens (including phenoxy) is 2. The van der Waals surface area contributed by atoms with Crippen molar-refractivity contribution in [3.63, 3.8) is 0 Å². The van der Waals surface area contributed by atoms with Crippen molar-refractivity contribution in [1.82, 2.24) is 10.6 Å². The smallest absolute Gasteiger partial charge is 0.220 e. The van der Waals surface area contributed by atoms with Gasteiger partial charge in [0, 0.05) is 39.1 Å². The highest BCUT2D eigenvalue weighted by atomic mass is 16.5. The molecule has 2 aliphatic heterocycles. The van der Waals surface area contributed by atoms with Gasteiger partial charge in [-0.05, 0) is 38.5 Å². The summed E-state index contributed by atoms with van der Waals surface area (Å²) >= 11 is 0. The molecule has 2 unspecified atom stereocenters. The molecule has 2 rings (SSSR count). The molecule has 2 saturated heterocycles. The number of carbonyl (C=O) groups is 2. The van der Waals surface area contributed by atoms with E-state index in [9.17, 15) is 9.59 Å². The van der Waals surface area contributed by atoms with Gasteiger partial charge in [0.15, 0.2) is 0 Å². The maximum Gasteiger partial charge on any atom is 0.220 e. The zero-order valence-electron chi connectivity index (χ0n) is 13.3. The van der Waals surface area contributed by atoms with E-state index >= 15 is 0 Å². The van der Waals surface area contributed by atoms with Gasteiger partial charge in [0.2, 0.25) is 11.8 Å². The summed E-state index contributed by atoms with van der Waals surface area (Å²) in [6, 6.07) is 0. The van der Waals surface area contributed by atoms with Gasteiger partial charge >= 0.3 is 0 Å². The van der Waals surface area contributed by atoms with Crippen LogP contribution in [-0.2, 0) is 19.1 Å². The van der Waals surface area contributed by atoms with Crippen molar-refractivity contribution in [2.45, 2.75) is 63.6 Å². The molecular formula is C16H28N2O4. The number of carbonyl (C=O) groups excluding carboxylic acids is 2. The molecule has 2 amide bonds. The predicted molar refractivity (Wildman–Crippen MR) is 82.4 cm³/mol. The van der Waals surface area contributed by atoms with E-state index in [1.807, 2.05) is 0 Å². The van der Waals surface area contributed by atoms with E-state index in [0.717, 1.165) is 51.7 Å². The molecule has 2 fully saturated rings. The number of rotatable bonds is 9. The lowest BCUT2D eigenvalue weighted by Gasteiger charge is -2.11. The van der Waals surface area contributed by atoms with E-state index in [0.29, 0.717) is 25.9 Å². The minimum absolute atomic E-state index is 0.0512. The van der Waals surface area contributed by atoms with Crippen molar-refractivity contribution in [2.24, 2.45) is 0 Å². The minimum atomic E-state index is 0.0512. The Hall–Kier alpha value is -1.14.